The van der Waals surface area contributed by atoms with Crippen LogP contribution in [0.4, 0.5) is 5.69 Å². The number of fused-ring (bicyclic) bond motifs is 1. The lowest BCUT2D eigenvalue weighted by atomic mass is 10.0. The van der Waals surface area contributed by atoms with Crippen LogP contribution >= 0.6 is 0 Å². The maximum atomic E-state index is 11.0. The summed E-state index contributed by atoms with van der Waals surface area (Å²) in [4.78, 5) is 11.0. The highest BCUT2D eigenvalue weighted by atomic mass is 16.1. The molecule has 0 unspecified atom stereocenters. The summed E-state index contributed by atoms with van der Waals surface area (Å²) in [6, 6.07) is 5.26. The quantitative estimate of drug-likeness (QED) is 0.757. The van der Waals surface area contributed by atoms with E-state index >= 15 is 0 Å². The first-order chi connectivity index (χ1) is 7.22. The number of amides is 1. The monoisotopic (exact) mass is 202 g/mol. The fraction of sp³-hybridized carbons (Fsp3) is 0.182. The molecule has 1 radical (unpaired) electrons. The summed E-state index contributed by atoms with van der Waals surface area (Å²) >= 11 is 0. The maximum absolute atomic E-state index is 11.0. The van der Waals surface area contributed by atoms with Crippen molar-refractivity contribution in [3.8, 4) is 0 Å². The zero-order valence-corrected chi connectivity index (χ0v) is 8.23. The van der Waals surface area contributed by atoms with Gasteiger partial charge in [0.05, 0.1) is 5.69 Å². The number of primary amides is 1. The first kappa shape index (κ1) is 9.73. The summed E-state index contributed by atoms with van der Waals surface area (Å²) in [5.41, 5.74) is 14.1. The molecule has 0 bridgehead atoms. The fourth-order valence-electron chi connectivity index (χ4n) is 1.63. The molecule has 0 atom stereocenters. The van der Waals surface area contributed by atoms with Gasteiger partial charge in [-0.2, -0.15) is 0 Å². The molecule has 15 heavy (non-hydrogen) atoms. The maximum Gasteiger partial charge on any atom is 0.248 e. The average molecular weight is 202 g/mol. The van der Waals surface area contributed by atoms with Gasteiger partial charge in [0.1, 0.15) is 0 Å². The van der Waals surface area contributed by atoms with E-state index in [0.29, 0.717) is 12.1 Å². The lowest BCUT2D eigenvalue weighted by molar-refractivity contribution is 0.100. The first-order valence-electron chi connectivity index (χ1n) is 4.76. The summed E-state index contributed by atoms with van der Waals surface area (Å²) in [5.74, 6) is -0.420. The molecular formula is C11H12N3O. The molecule has 4 heteroatoms. The van der Waals surface area contributed by atoms with E-state index in [1.165, 1.54) is 0 Å². The molecule has 1 amide bonds. The van der Waals surface area contributed by atoms with Crippen LogP contribution in [0, 0.1) is 0 Å². The van der Waals surface area contributed by atoms with Gasteiger partial charge in [-0.15, -0.1) is 0 Å². The van der Waals surface area contributed by atoms with Crippen LogP contribution < -0.4 is 16.8 Å². The van der Waals surface area contributed by atoms with E-state index in [9.17, 15) is 4.79 Å². The Hall–Kier alpha value is -1.81. The van der Waals surface area contributed by atoms with Crippen LogP contribution in [0.5, 0.6) is 0 Å². The van der Waals surface area contributed by atoms with Crippen molar-refractivity contribution in [2.24, 2.45) is 11.5 Å². The third-order valence-corrected chi connectivity index (χ3v) is 2.40. The van der Waals surface area contributed by atoms with Crippen molar-refractivity contribution in [3.05, 3.63) is 35.5 Å². The molecule has 0 saturated heterocycles. The molecular weight excluding hydrogens is 190 g/mol. The Labute approximate surface area is 88.0 Å². The number of benzene rings is 1. The van der Waals surface area contributed by atoms with Crippen molar-refractivity contribution < 1.29 is 4.79 Å². The summed E-state index contributed by atoms with van der Waals surface area (Å²) in [7, 11) is 0. The first-order valence-corrected chi connectivity index (χ1v) is 4.76. The van der Waals surface area contributed by atoms with Crippen molar-refractivity contribution in [3.63, 3.8) is 0 Å². The topological polar surface area (TPSA) is 83.2 Å². The van der Waals surface area contributed by atoms with Gasteiger partial charge in [-0.3, -0.25) is 10.1 Å². The molecule has 1 aliphatic heterocycles. The largest absolute Gasteiger partial charge is 0.366 e. The molecule has 4 N–H and O–H groups in total. The van der Waals surface area contributed by atoms with Crippen LogP contribution in [0.1, 0.15) is 22.3 Å². The Kier molecular flexibility index (Phi) is 2.43. The van der Waals surface area contributed by atoms with E-state index in [-0.39, 0.29) is 0 Å². The second-order valence-electron chi connectivity index (χ2n) is 3.42. The molecule has 1 aromatic rings. The van der Waals surface area contributed by atoms with Crippen LogP contribution in [0.3, 0.4) is 0 Å². The second kappa shape index (κ2) is 3.74. The molecule has 0 aromatic heterocycles. The summed E-state index contributed by atoms with van der Waals surface area (Å²) in [5, 5.41) is 4.23. The van der Waals surface area contributed by atoms with Crippen LogP contribution in [0.2, 0.25) is 0 Å². The van der Waals surface area contributed by atoms with Gasteiger partial charge < -0.3 is 11.5 Å². The van der Waals surface area contributed by atoms with Crippen molar-refractivity contribution in [2.75, 3.05) is 6.54 Å². The third-order valence-electron chi connectivity index (χ3n) is 2.40. The number of hydrogen-bond donors (Lipinski definition) is 2. The predicted octanol–water partition coefficient (Wildman–Crippen LogP) is 0.725. The van der Waals surface area contributed by atoms with Crippen LogP contribution in [-0.4, -0.2) is 12.5 Å². The number of nitrogens with two attached hydrogens (primary N) is 2. The van der Waals surface area contributed by atoms with Crippen molar-refractivity contribution in [1.29, 1.82) is 0 Å². The molecule has 1 aromatic carbocycles. The molecule has 4 nitrogen and oxygen atoms in total. The van der Waals surface area contributed by atoms with E-state index in [1.807, 2.05) is 0 Å². The SMILES string of the molecule is NCCC1=C[N]c2ccc(C(N)=O)cc21. The molecule has 2 rings (SSSR count). The molecule has 1 heterocycles. The van der Waals surface area contributed by atoms with Crippen molar-refractivity contribution in [1.82, 2.24) is 5.32 Å². The molecule has 0 fully saturated rings. The third kappa shape index (κ3) is 1.71. The van der Waals surface area contributed by atoms with Crippen molar-refractivity contribution in [2.45, 2.75) is 6.42 Å². The highest BCUT2D eigenvalue weighted by Crippen LogP contribution is 2.32. The number of carbonyl (C=O) groups excluding carboxylic acids is 1. The fourth-order valence-corrected chi connectivity index (χ4v) is 1.63. The van der Waals surface area contributed by atoms with E-state index in [0.717, 1.165) is 23.2 Å². The molecule has 0 aliphatic carbocycles. The van der Waals surface area contributed by atoms with Gasteiger partial charge in [0, 0.05) is 17.3 Å². The Morgan fingerprint density at radius 2 is 2.20 bits per heavy atom. The standard InChI is InChI=1S/C11H12N3O/c12-4-3-8-6-14-10-2-1-7(11(13)15)5-9(8)10/h1-2,5-6H,3-4,12H2,(H2,13,15). The van der Waals surface area contributed by atoms with E-state index < -0.39 is 5.91 Å². The number of carbonyl (C=O) groups is 1. The van der Waals surface area contributed by atoms with Gasteiger partial charge in [-0.1, -0.05) is 0 Å². The predicted molar refractivity (Wildman–Crippen MR) is 58.4 cm³/mol. The molecule has 77 valence electrons. The van der Waals surface area contributed by atoms with Gasteiger partial charge >= 0.3 is 0 Å². The zero-order valence-electron chi connectivity index (χ0n) is 8.23. The number of hydrogen-bond acceptors (Lipinski definition) is 2. The van der Waals surface area contributed by atoms with Gasteiger partial charge in [0.2, 0.25) is 5.91 Å². The van der Waals surface area contributed by atoms with Crippen LogP contribution in [0.25, 0.3) is 5.57 Å². The second-order valence-corrected chi connectivity index (χ2v) is 3.42. The van der Waals surface area contributed by atoms with Crippen LogP contribution in [-0.2, 0) is 0 Å². The Bertz CT molecular complexity index is 437. The van der Waals surface area contributed by atoms with E-state index in [2.05, 4.69) is 5.32 Å². The van der Waals surface area contributed by atoms with Gasteiger partial charge in [0.25, 0.3) is 0 Å². The minimum absolute atomic E-state index is 0.420. The number of rotatable bonds is 3. The minimum Gasteiger partial charge on any atom is -0.366 e. The van der Waals surface area contributed by atoms with Gasteiger partial charge in [-0.05, 0) is 36.7 Å². The highest BCUT2D eigenvalue weighted by Gasteiger charge is 2.16. The smallest absolute Gasteiger partial charge is 0.248 e. The summed E-state index contributed by atoms with van der Waals surface area (Å²) in [6.07, 6.45) is 2.56. The molecule has 1 aliphatic rings. The number of nitrogens with zero attached hydrogens (tertiary/aromatic N) is 1. The zero-order chi connectivity index (χ0) is 10.8. The Balaban J connectivity index is 2.38. The molecule has 0 saturated carbocycles. The van der Waals surface area contributed by atoms with Crippen LogP contribution in [0.15, 0.2) is 24.4 Å². The van der Waals surface area contributed by atoms with E-state index in [1.54, 1.807) is 24.4 Å². The van der Waals surface area contributed by atoms with E-state index in [4.69, 9.17) is 11.5 Å². The normalized spacial score (nSPS) is 13.0. The molecule has 0 spiro atoms. The lowest BCUT2D eigenvalue weighted by Crippen LogP contribution is -2.11. The van der Waals surface area contributed by atoms with Crippen molar-refractivity contribution >= 4 is 17.2 Å². The summed E-state index contributed by atoms with van der Waals surface area (Å²) < 4.78 is 0. The average Bonchev–Trinajstić information content (AvgIpc) is 2.61. The Morgan fingerprint density at radius 3 is 2.87 bits per heavy atom. The highest BCUT2D eigenvalue weighted by molar-refractivity contribution is 5.95. The Morgan fingerprint density at radius 1 is 1.40 bits per heavy atom. The lowest BCUT2D eigenvalue weighted by Gasteiger charge is -2.04. The minimum atomic E-state index is -0.420. The van der Waals surface area contributed by atoms with Gasteiger partial charge in [0.15, 0.2) is 0 Å². The van der Waals surface area contributed by atoms with Gasteiger partial charge in [-0.25, -0.2) is 0 Å². The summed E-state index contributed by atoms with van der Waals surface area (Å²) in [6.45, 7) is 0.571.